The van der Waals surface area contributed by atoms with Crippen molar-refractivity contribution in [3.63, 3.8) is 0 Å². The third kappa shape index (κ3) is 9.75. The first-order chi connectivity index (χ1) is 19.2. The molecule has 0 saturated heterocycles. The van der Waals surface area contributed by atoms with Crippen LogP contribution in [0.2, 0.25) is 0 Å². The van der Waals surface area contributed by atoms with Gasteiger partial charge in [0.25, 0.3) is 0 Å². The first-order valence-corrected chi connectivity index (χ1v) is 14.2. The van der Waals surface area contributed by atoms with Gasteiger partial charge >= 0.3 is 12.1 Å². The molecule has 2 aliphatic rings. The van der Waals surface area contributed by atoms with E-state index < -0.39 is 11.6 Å². The van der Waals surface area contributed by atoms with Crippen LogP contribution < -0.4 is 0 Å². The van der Waals surface area contributed by atoms with Crippen molar-refractivity contribution >= 4 is 29.4 Å². The Bertz CT molecular complexity index is 1300. The van der Waals surface area contributed by atoms with E-state index in [2.05, 4.69) is 30.8 Å². The van der Waals surface area contributed by atoms with Gasteiger partial charge in [-0.1, -0.05) is 69.5 Å². The molecule has 0 aromatic carbocycles. The molecule has 0 bridgehead atoms. The molecule has 2 atom stereocenters. The van der Waals surface area contributed by atoms with E-state index >= 15 is 0 Å². The molecule has 2 aliphatic heterocycles. The summed E-state index contributed by atoms with van der Waals surface area (Å²) in [5.74, 6) is -1.39. The molecule has 220 valence electrons. The fourth-order valence-electron chi connectivity index (χ4n) is 4.81. The zero-order valence-electron chi connectivity index (χ0n) is 25.2. The van der Waals surface area contributed by atoms with Crippen molar-refractivity contribution in [3.05, 3.63) is 107 Å². The zero-order chi connectivity index (χ0) is 30.9. The van der Waals surface area contributed by atoms with Crippen LogP contribution in [0.5, 0.6) is 0 Å². The highest BCUT2D eigenvalue weighted by Gasteiger charge is 2.28. The minimum absolute atomic E-state index is 0.00545. The molecule has 1 N–H and O–H groups in total. The molecule has 0 aromatic heterocycles. The summed E-state index contributed by atoms with van der Waals surface area (Å²) in [7, 11) is 0. The van der Waals surface area contributed by atoms with Crippen LogP contribution in [0.3, 0.4) is 0 Å². The van der Waals surface area contributed by atoms with Gasteiger partial charge in [-0.05, 0) is 87.0 Å². The number of amides is 1. The van der Waals surface area contributed by atoms with E-state index in [0.29, 0.717) is 47.8 Å². The number of ether oxygens (including phenoxy) is 1. The second kappa shape index (κ2) is 14.8. The number of aliphatic imine (C=N–C) groups is 1. The summed E-state index contributed by atoms with van der Waals surface area (Å²) >= 11 is 6.28. The van der Waals surface area contributed by atoms with Gasteiger partial charge in [0.1, 0.15) is 5.60 Å². The van der Waals surface area contributed by atoms with Gasteiger partial charge in [-0.2, -0.15) is 0 Å². The Kier molecular flexibility index (Phi) is 12.1. The molecule has 0 spiro atoms. The maximum Gasteiger partial charge on any atom is 0.410 e. The predicted molar refractivity (Wildman–Crippen MR) is 170 cm³/mol. The number of carboxylic acid groups (broad SMARTS) is 1. The minimum atomic E-state index is -1.07. The lowest BCUT2D eigenvalue weighted by Crippen LogP contribution is -2.40. The molecule has 6 nitrogen and oxygen atoms in total. The minimum Gasteiger partial charge on any atom is -0.478 e. The van der Waals surface area contributed by atoms with Gasteiger partial charge < -0.3 is 14.7 Å². The summed E-state index contributed by atoms with van der Waals surface area (Å²) < 4.78 is 5.61. The van der Waals surface area contributed by atoms with E-state index in [1.807, 2.05) is 41.5 Å². The highest BCUT2D eigenvalue weighted by Crippen LogP contribution is 2.36. The summed E-state index contributed by atoms with van der Waals surface area (Å²) in [5.41, 5.74) is 3.84. The van der Waals surface area contributed by atoms with Crippen LogP contribution in [0.1, 0.15) is 54.4 Å². The van der Waals surface area contributed by atoms with Crippen molar-refractivity contribution in [2.45, 2.75) is 60.0 Å². The van der Waals surface area contributed by atoms with Gasteiger partial charge in [-0.25, -0.2) is 9.59 Å². The summed E-state index contributed by atoms with van der Waals surface area (Å²) in [6.45, 7) is 24.2. The van der Waals surface area contributed by atoms with E-state index in [0.717, 1.165) is 16.7 Å². The van der Waals surface area contributed by atoms with Crippen LogP contribution in [0, 0.1) is 11.8 Å². The van der Waals surface area contributed by atoms with E-state index in [4.69, 9.17) is 16.3 Å². The van der Waals surface area contributed by atoms with Crippen molar-refractivity contribution in [1.82, 2.24) is 4.90 Å². The van der Waals surface area contributed by atoms with Crippen LogP contribution in [0.4, 0.5) is 4.79 Å². The SMILES string of the molecule is C=C/C=C(Cl)\C=C(/C=C)C(C)/C=C(/C(=O)O)C1=C(/C2=C\[C@@H](C)CN(C(=O)OC(C)(C)C)CCC2)C(=C)C=CN=C1C. The maximum atomic E-state index is 12.8. The topological polar surface area (TPSA) is 79.2 Å². The van der Waals surface area contributed by atoms with Crippen molar-refractivity contribution < 1.29 is 19.4 Å². The molecule has 41 heavy (non-hydrogen) atoms. The highest BCUT2D eigenvalue weighted by molar-refractivity contribution is 6.31. The molecule has 0 radical (unpaired) electrons. The molecule has 2 rings (SSSR count). The summed E-state index contributed by atoms with van der Waals surface area (Å²) in [6, 6.07) is 0. The fraction of sp³-hybridized carbons (Fsp3) is 0.382. The lowest BCUT2D eigenvalue weighted by Gasteiger charge is -2.31. The second-order valence-corrected chi connectivity index (χ2v) is 11.8. The number of hydrogen-bond acceptors (Lipinski definition) is 4. The van der Waals surface area contributed by atoms with Crippen molar-refractivity contribution in [2.75, 3.05) is 13.1 Å². The van der Waals surface area contributed by atoms with Crippen molar-refractivity contribution in [2.24, 2.45) is 16.8 Å². The number of halogens is 1. The Labute approximate surface area is 250 Å². The van der Waals surface area contributed by atoms with Crippen LogP contribution in [-0.2, 0) is 9.53 Å². The summed E-state index contributed by atoms with van der Waals surface area (Å²) in [4.78, 5) is 31.8. The van der Waals surface area contributed by atoms with Gasteiger partial charge in [-0.15, -0.1) is 0 Å². The number of allylic oxidation sites excluding steroid dienone is 11. The van der Waals surface area contributed by atoms with Crippen LogP contribution >= 0.6 is 11.6 Å². The summed E-state index contributed by atoms with van der Waals surface area (Å²) in [6.07, 6.45) is 14.9. The highest BCUT2D eigenvalue weighted by atomic mass is 35.5. The number of carboxylic acids is 1. The number of hydrogen-bond donors (Lipinski definition) is 1. The molecule has 0 saturated carbocycles. The molecular weight excluding hydrogens is 536 g/mol. The van der Waals surface area contributed by atoms with Gasteiger partial charge in [-0.3, -0.25) is 4.99 Å². The Morgan fingerprint density at radius 2 is 1.98 bits per heavy atom. The van der Waals surface area contributed by atoms with Gasteiger partial charge in [0.05, 0.1) is 5.57 Å². The standard InChI is InChI=1S/C34H43ClN2O4/c1-10-13-28(35)20-26(11-2)24(5)19-29(32(38)39)31-25(6)36-16-15-23(4)30(31)27-14-12-17-37(21-22(3)18-27)33(40)41-34(7,8)9/h10-11,13,15-16,18-20,22,24H,1-2,4,12,14,17,21H2,3,5-9H3,(H,38,39)/b26-20+,27-18-,28-13+,29-19+/t22-,24?/m1/s1. The van der Waals surface area contributed by atoms with E-state index in [1.165, 1.54) is 0 Å². The van der Waals surface area contributed by atoms with Crippen LogP contribution in [-0.4, -0.2) is 46.5 Å². The molecule has 7 heteroatoms. The predicted octanol–water partition coefficient (Wildman–Crippen LogP) is 8.49. The first-order valence-electron chi connectivity index (χ1n) is 13.8. The quantitative estimate of drug-likeness (QED) is 0.231. The molecule has 0 aliphatic carbocycles. The molecular formula is C34H43ClN2O4. The first kappa shape index (κ1) is 33.6. The average molecular weight is 579 g/mol. The monoisotopic (exact) mass is 578 g/mol. The lowest BCUT2D eigenvalue weighted by molar-refractivity contribution is -0.132. The second-order valence-electron chi connectivity index (χ2n) is 11.3. The van der Waals surface area contributed by atoms with Crippen LogP contribution in [0.15, 0.2) is 112 Å². The molecule has 0 aromatic rings. The Morgan fingerprint density at radius 3 is 2.56 bits per heavy atom. The molecule has 0 fully saturated rings. The van der Waals surface area contributed by atoms with E-state index in [1.54, 1.807) is 47.6 Å². The number of carbonyl (C=O) groups excluding carboxylic acids is 1. The number of nitrogens with zero attached hydrogens (tertiary/aromatic N) is 2. The zero-order valence-corrected chi connectivity index (χ0v) is 25.9. The van der Waals surface area contributed by atoms with Crippen LogP contribution in [0.25, 0.3) is 0 Å². The van der Waals surface area contributed by atoms with Gasteiger partial charge in [0.15, 0.2) is 0 Å². The Balaban J connectivity index is 2.67. The molecule has 1 unspecified atom stereocenters. The number of rotatable bonds is 8. The van der Waals surface area contributed by atoms with E-state index in [-0.39, 0.29) is 23.5 Å². The third-order valence-corrected chi connectivity index (χ3v) is 6.81. The fourth-order valence-corrected chi connectivity index (χ4v) is 5.02. The number of carbonyl (C=O) groups is 2. The normalized spacial score (nSPS) is 21.6. The molecule has 1 amide bonds. The summed E-state index contributed by atoms with van der Waals surface area (Å²) in [5, 5.41) is 10.9. The smallest absolute Gasteiger partial charge is 0.410 e. The third-order valence-electron chi connectivity index (χ3n) is 6.58. The van der Waals surface area contributed by atoms with Crippen molar-refractivity contribution in [3.8, 4) is 0 Å². The van der Waals surface area contributed by atoms with Gasteiger partial charge in [0, 0.05) is 41.5 Å². The molecule has 2 heterocycles. The maximum absolute atomic E-state index is 12.8. The lowest BCUT2D eigenvalue weighted by atomic mass is 9.82. The van der Waals surface area contributed by atoms with Crippen molar-refractivity contribution in [1.29, 1.82) is 0 Å². The number of aliphatic carboxylic acids is 1. The largest absolute Gasteiger partial charge is 0.478 e. The average Bonchev–Trinajstić information content (AvgIpc) is 2.99. The van der Waals surface area contributed by atoms with Gasteiger partial charge in [0.2, 0.25) is 0 Å². The van der Waals surface area contributed by atoms with E-state index in [9.17, 15) is 14.7 Å². The Hall–Kier alpha value is -3.64. The Morgan fingerprint density at radius 1 is 1.29 bits per heavy atom.